The molecule has 0 radical (unpaired) electrons. The number of rotatable bonds is 5. The summed E-state index contributed by atoms with van der Waals surface area (Å²) in [5, 5.41) is 9.91. The van der Waals surface area contributed by atoms with Crippen LogP contribution >= 0.6 is 0 Å². The molecule has 0 bridgehead atoms. The number of aromatic nitrogens is 1. The van der Waals surface area contributed by atoms with Gasteiger partial charge in [0.25, 0.3) is 0 Å². The second-order valence-electron chi connectivity index (χ2n) is 4.45. The van der Waals surface area contributed by atoms with Crippen LogP contribution in [0, 0.1) is 0 Å². The molecule has 1 N–H and O–H groups in total. The van der Waals surface area contributed by atoms with Gasteiger partial charge in [0.05, 0.1) is 14.2 Å². The summed E-state index contributed by atoms with van der Waals surface area (Å²) >= 11 is 0. The molecule has 0 fully saturated rings. The third-order valence-electron chi connectivity index (χ3n) is 3.23. The standard InChI is InChI=1S/C16H17NO4/c1-17-12(5-4-6-15(21-3)16(18)19)9-11-10-13(20-2)7-8-14(11)17/h4-10H,1-3H3,(H,18,19). The average molecular weight is 287 g/mol. The van der Waals surface area contributed by atoms with E-state index in [1.807, 2.05) is 42.0 Å². The molecule has 1 heterocycles. The highest BCUT2D eigenvalue weighted by Crippen LogP contribution is 2.24. The maximum absolute atomic E-state index is 10.8. The second-order valence-corrected chi connectivity index (χ2v) is 4.45. The maximum atomic E-state index is 10.8. The van der Waals surface area contributed by atoms with E-state index in [4.69, 9.17) is 14.6 Å². The number of ether oxygens (including phenoxy) is 2. The highest BCUT2D eigenvalue weighted by atomic mass is 16.5. The molecular weight excluding hydrogens is 270 g/mol. The quantitative estimate of drug-likeness (QED) is 0.522. The highest BCUT2D eigenvalue weighted by molar-refractivity contribution is 5.86. The molecule has 0 saturated heterocycles. The topological polar surface area (TPSA) is 60.7 Å². The lowest BCUT2D eigenvalue weighted by Crippen LogP contribution is -2.01. The summed E-state index contributed by atoms with van der Waals surface area (Å²) in [5.41, 5.74) is 2.03. The van der Waals surface area contributed by atoms with Gasteiger partial charge in [-0.2, -0.15) is 0 Å². The lowest BCUT2D eigenvalue weighted by Gasteiger charge is -2.01. The number of nitrogens with zero attached hydrogens (tertiary/aromatic N) is 1. The van der Waals surface area contributed by atoms with Crippen molar-refractivity contribution in [1.29, 1.82) is 0 Å². The Hall–Kier alpha value is -2.69. The third-order valence-corrected chi connectivity index (χ3v) is 3.23. The molecule has 2 rings (SSSR count). The van der Waals surface area contributed by atoms with E-state index in [0.717, 1.165) is 22.3 Å². The number of aryl methyl sites for hydroxylation is 1. The van der Waals surface area contributed by atoms with Crippen molar-refractivity contribution in [1.82, 2.24) is 4.57 Å². The summed E-state index contributed by atoms with van der Waals surface area (Å²) in [4.78, 5) is 10.8. The van der Waals surface area contributed by atoms with Gasteiger partial charge in [0.2, 0.25) is 5.76 Å². The van der Waals surface area contributed by atoms with Crippen LogP contribution in [-0.4, -0.2) is 29.9 Å². The molecule has 0 spiro atoms. The SMILES string of the molecule is COC(=CC=Cc1cc2cc(OC)ccc2n1C)C(=O)O. The Kier molecular flexibility index (Phi) is 4.33. The van der Waals surface area contributed by atoms with E-state index in [2.05, 4.69) is 0 Å². The molecule has 5 heteroatoms. The second kappa shape index (κ2) is 6.17. The van der Waals surface area contributed by atoms with E-state index >= 15 is 0 Å². The van der Waals surface area contributed by atoms with E-state index in [0.29, 0.717) is 0 Å². The van der Waals surface area contributed by atoms with Gasteiger partial charge in [-0.25, -0.2) is 4.79 Å². The molecular formula is C16H17NO4. The Labute approximate surface area is 122 Å². The molecule has 0 atom stereocenters. The number of hydrogen-bond acceptors (Lipinski definition) is 3. The number of allylic oxidation sites excluding steroid dienone is 2. The van der Waals surface area contributed by atoms with Crippen LogP contribution in [0.4, 0.5) is 0 Å². The van der Waals surface area contributed by atoms with Gasteiger partial charge >= 0.3 is 5.97 Å². The van der Waals surface area contributed by atoms with E-state index < -0.39 is 5.97 Å². The van der Waals surface area contributed by atoms with Crippen LogP contribution in [0.1, 0.15) is 5.69 Å². The van der Waals surface area contributed by atoms with E-state index in [1.165, 1.54) is 13.2 Å². The van der Waals surface area contributed by atoms with Crippen molar-refractivity contribution in [2.24, 2.45) is 7.05 Å². The van der Waals surface area contributed by atoms with Crippen LogP contribution in [0.5, 0.6) is 5.75 Å². The van der Waals surface area contributed by atoms with Crippen molar-refractivity contribution in [2.75, 3.05) is 14.2 Å². The van der Waals surface area contributed by atoms with Gasteiger partial charge in [-0.3, -0.25) is 0 Å². The minimum atomic E-state index is -1.09. The summed E-state index contributed by atoms with van der Waals surface area (Å²) in [7, 11) is 4.91. The monoisotopic (exact) mass is 287 g/mol. The molecule has 0 saturated carbocycles. The Morgan fingerprint density at radius 2 is 2.05 bits per heavy atom. The number of carboxylic acid groups (broad SMARTS) is 1. The summed E-state index contributed by atoms with van der Waals surface area (Å²) in [5.74, 6) is -0.397. The van der Waals surface area contributed by atoms with E-state index in [-0.39, 0.29) is 5.76 Å². The number of carboxylic acids is 1. The van der Waals surface area contributed by atoms with Crippen molar-refractivity contribution in [3.63, 3.8) is 0 Å². The number of hydrogen-bond donors (Lipinski definition) is 1. The largest absolute Gasteiger partial charge is 0.497 e. The summed E-state index contributed by atoms with van der Waals surface area (Å²) in [6, 6.07) is 7.86. The number of methoxy groups -OCH3 is 2. The van der Waals surface area contributed by atoms with Crippen LogP contribution in [0.15, 0.2) is 42.2 Å². The Morgan fingerprint density at radius 1 is 1.29 bits per heavy atom. The fourth-order valence-electron chi connectivity index (χ4n) is 2.10. The van der Waals surface area contributed by atoms with E-state index in [1.54, 1.807) is 13.2 Å². The van der Waals surface area contributed by atoms with Crippen LogP contribution in [0.2, 0.25) is 0 Å². The molecule has 0 aliphatic carbocycles. The first-order valence-electron chi connectivity index (χ1n) is 6.36. The van der Waals surface area contributed by atoms with Crippen LogP contribution in [0.3, 0.4) is 0 Å². The number of carbonyl (C=O) groups is 1. The Morgan fingerprint density at radius 3 is 2.67 bits per heavy atom. The summed E-state index contributed by atoms with van der Waals surface area (Å²) < 4.78 is 12.0. The lowest BCUT2D eigenvalue weighted by molar-refractivity contribution is -0.136. The minimum Gasteiger partial charge on any atom is -0.497 e. The van der Waals surface area contributed by atoms with Crippen LogP contribution in [-0.2, 0) is 16.6 Å². The predicted molar refractivity (Wildman–Crippen MR) is 81.2 cm³/mol. The van der Waals surface area contributed by atoms with Gasteiger partial charge in [-0.1, -0.05) is 6.08 Å². The minimum absolute atomic E-state index is 0.105. The van der Waals surface area contributed by atoms with Crippen molar-refractivity contribution in [3.05, 3.63) is 47.9 Å². The first kappa shape index (κ1) is 14.7. The number of benzene rings is 1. The first-order chi connectivity index (χ1) is 10.1. The smallest absolute Gasteiger partial charge is 0.371 e. The van der Waals surface area contributed by atoms with Gasteiger partial charge in [0.15, 0.2) is 0 Å². The van der Waals surface area contributed by atoms with Crippen LogP contribution < -0.4 is 4.74 Å². The van der Waals surface area contributed by atoms with Crippen molar-refractivity contribution >= 4 is 22.9 Å². The number of aliphatic carboxylic acids is 1. The first-order valence-corrected chi connectivity index (χ1v) is 6.36. The normalized spacial score (nSPS) is 12.0. The maximum Gasteiger partial charge on any atom is 0.371 e. The van der Waals surface area contributed by atoms with E-state index in [9.17, 15) is 4.79 Å². The van der Waals surface area contributed by atoms with Gasteiger partial charge in [-0.05, 0) is 36.4 Å². The zero-order chi connectivity index (χ0) is 15.4. The van der Waals surface area contributed by atoms with Gasteiger partial charge in [0.1, 0.15) is 5.75 Å². The fraction of sp³-hybridized carbons (Fsp3) is 0.188. The molecule has 0 aliphatic heterocycles. The summed E-state index contributed by atoms with van der Waals surface area (Å²) in [6.07, 6.45) is 4.90. The van der Waals surface area contributed by atoms with Crippen LogP contribution in [0.25, 0.3) is 17.0 Å². The average Bonchev–Trinajstić information content (AvgIpc) is 2.79. The number of fused-ring (bicyclic) bond motifs is 1. The van der Waals surface area contributed by atoms with Crippen molar-refractivity contribution in [3.8, 4) is 5.75 Å². The molecule has 21 heavy (non-hydrogen) atoms. The predicted octanol–water partition coefficient (Wildman–Crippen LogP) is 2.82. The molecule has 1 aromatic carbocycles. The molecule has 110 valence electrons. The fourth-order valence-corrected chi connectivity index (χ4v) is 2.10. The molecule has 0 aliphatic rings. The molecule has 0 amide bonds. The molecule has 1 aromatic heterocycles. The van der Waals surface area contributed by atoms with Gasteiger partial charge < -0.3 is 19.1 Å². The molecule has 0 unspecified atom stereocenters. The van der Waals surface area contributed by atoms with Crippen molar-refractivity contribution in [2.45, 2.75) is 0 Å². The Bertz CT molecular complexity index is 725. The summed E-state index contributed by atoms with van der Waals surface area (Å²) in [6.45, 7) is 0. The molecule has 2 aromatic rings. The molecule has 5 nitrogen and oxygen atoms in total. The zero-order valence-corrected chi connectivity index (χ0v) is 12.2. The highest BCUT2D eigenvalue weighted by Gasteiger charge is 2.06. The lowest BCUT2D eigenvalue weighted by atomic mass is 10.2. The Balaban J connectivity index is 2.34. The zero-order valence-electron chi connectivity index (χ0n) is 12.2. The van der Waals surface area contributed by atoms with Crippen molar-refractivity contribution < 1.29 is 19.4 Å². The van der Waals surface area contributed by atoms with Gasteiger partial charge in [0, 0.05) is 23.6 Å². The van der Waals surface area contributed by atoms with Gasteiger partial charge in [-0.15, -0.1) is 0 Å². The third kappa shape index (κ3) is 3.08.